The molecule has 0 bridgehead atoms. The van der Waals surface area contributed by atoms with Gasteiger partial charge in [0.25, 0.3) is 0 Å². The van der Waals surface area contributed by atoms with Crippen LogP contribution in [0.1, 0.15) is 33.3 Å². The molecule has 4 aromatic rings. The average molecular weight is 488 g/mol. The standard InChI is InChI=1S/C27H25N3O6/c1-18-6-7-19(2)30(18)21-8-10-22(11-9-21)34-16-24-12-13-25(36-24)27(33)29-28-15-20-4-3-5-23(14-20)35-17-26(31)32/h3-15H,16-17H2,1-2H3,(H,29,33)(H,31,32)/b28-15+. The van der Waals surface area contributed by atoms with Crippen molar-refractivity contribution in [2.24, 2.45) is 5.10 Å². The Morgan fingerprint density at radius 2 is 1.72 bits per heavy atom. The van der Waals surface area contributed by atoms with Crippen molar-refractivity contribution in [3.05, 3.63) is 101 Å². The highest BCUT2D eigenvalue weighted by atomic mass is 16.5. The number of carbonyl (C=O) groups is 2. The third-order valence-electron chi connectivity index (χ3n) is 5.23. The van der Waals surface area contributed by atoms with Crippen LogP contribution < -0.4 is 14.9 Å². The smallest absolute Gasteiger partial charge is 0.341 e. The second kappa shape index (κ2) is 11.1. The molecular formula is C27H25N3O6. The van der Waals surface area contributed by atoms with Crippen molar-refractivity contribution in [3.8, 4) is 17.2 Å². The molecule has 9 heteroatoms. The van der Waals surface area contributed by atoms with Gasteiger partial charge in [-0.05, 0) is 80.1 Å². The Bertz CT molecular complexity index is 1370. The fraction of sp³-hybridized carbons (Fsp3) is 0.148. The third kappa shape index (κ3) is 6.20. The zero-order valence-corrected chi connectivity index (χ0v) is 19.8. The molecule has 0 saturated heterocycles. The average Bonchev–Trinajstić information content (AvgIpc) is 3.48. The fourth-order valence-corrected chi connectivity index (χ4v) is 3.55. The zero-order chi connectivity index (χ0) is 25.5. The van der Waals surface area contributed by atoms with Crippen LogP contribution in [0.25, 0.3) is 5.69 Å². The minimum atomic E-state index is -1.07. The van der Waals surface area contributed by atoms with Gasteiger partial charge in [-0.2, -0.15) is 5.10 Å². The first-order valence-corrected chi connectivity index (χ1v) is 11.1. The number of hydrogen-bond donors (Lipinski definition) is 2. The topological polar surface area (TPSA) is 115 Å². The molecular weight excluding hydrogens is 462 g/mol. The van der Waals surface area contributed by atoms with Gasteiger partial charge in [-0.1, -0.05) is 12.1 Å². The molecule has 9 nitrogen and oxygen atoms in total. The van der Waals surface area contributed by atoms with E-state index in [2.05, 4.69) is 41.1 Å². The van der Waals surface area contributed by atoms with E-state index in [4.69, 9.17) is 19.0 Å². The number of aromatic nitrogens is 1. The monoisotopic (exact) mass is 487 g/mol. The van der Waals surface area contributed by atoms with Gasteiger partial charge >= 0.3 is 11.9 Å². The van der Waals surface area contributed by atoms with Crippen molar-refractivity contribution in [1.82, 2.24) is 9.99 Å². The van der Waals surface area contributed by atoms with E-state index < -0.39 is 18.5 Å². The lowest BCUT2D eigenvalue weighted by molar-refractivity contribution is -0.139. The first-order valence-electron chi connectivity index (χ1n) is 11.1. The molecule has 0 unspecified atom stereocenters. The maximum atomic E-state index is 12.3. The number of amides is 1. The van der Waals surface area contributed by atoms with Gasteiger partial charge in [-0.15, -0.1) is 0 Å². The van der Waals surface area contributed by atoms with E-state index in [1.807, 2.05) is 24.3 Å². The van der Waals surface area contributed by atoms with Crippen molar-refractivity contribution in [3.63, 3.8) is 0 Å². The summed E-state index contributed by atoms with van der Waals surface area (Å²) in [7, 11) is 0. The molecule has 0 atom stereocenters. The largest absolute Gasteiger partial charge is 0.486 e. The van der Waals surface area contributed by atoms with Crippen LogP contribution >= 0.6 is 0 Å². The van der Waals surface area contributed by atoms with Gasteiger partial charge in [0.15, 0.2) is 12.4 Å². The summed E-state index contributed by atoms with van der Waals surface area (Å²) in [6, 6.07) is 21.8. The van der Waals surface area contributed by atoms with Crippen molar-refractivity contribution >= 4 is 18.1 Å². The molecule has 1 amide bonds. The molecule has 0 fully saturated rings. The number of nitrogens with zero attached hydrogens (tertiary/aromatic N) is 2. The fourth-order valence-electron chi connectivity index (χ4n) is 3.55. The molecule has 2 aromatic heterocycles. The first-order chi connectivity index (χ1) is 17.4. The van der Waals surface area contributed by atoms with Crippen LogP contribution in [0.3, 0.4) is 0 Å². The van der Waals surface area contributed by atoms with Gasteiger partial charge < -0.3 is 23.6 Å². The van der Waals surface area contributed by atoms with E-state index in [1.54, 1.807) is 36.4 Å². The normalized spacial score (nSPS) is 10.9. The molecule has 4 rings (SSSR count). The Kier molecular flexibility index (Phi) is 7.50. The Hall–Kier alpha value is -4.79. The van der Waals surface area contributed by atoms with Gasteiger partial charge in [-0.3, -0.25) is 4.79 Å². The highest BCUT2D eigenvalue weighted by Gasteiger charge is 2.11. The Balaban J connectivity index is 1.28. The number of carboxylic acids is 1. The Labute approximate surface area is 207 Å². The second-order valence-electron chi connectivity index (χ2n) is 7.95. The van der Waals surface area contributed by atoms with Crippen LogP contribution in [0.5, 0.6) is 11.5 Å². The van der Waals surface area contributed by atoms with Crippen LogP contribution in [-0.2, 0) is 11.4 Å². The second-order valence-corrected chi connectivity index (χ2v) is 7.95. The molecule has 184 valence electrons. The van der Waals surface area contributed by atoms with Gasteiger partial charge in [0.1, 0.15) is 23.9 Å². The summed E-state index contributed by atoms with van der Waals surface area (Å²) in [5.41, 5.74) is 6.39. The lowest BCUT2D eigenvalue weighted by Crippen LogP contribution is -2.16. The van der Waals surface area contributed by atoms with E-state index >= 15 is 0 Å². The van der Waals surface area contributed by atoms with E-state index in [1.165, 1.54) is 6.21 Å². The summed E-state index contributed by atoms with van der Waals surface area (Å²) in [5.74, 6) is 0.0699. The first kappa shape index (κ1) is 24.3. The quantitative estimate of drug-likeness (QED) is 0.252. The van der Waals surface area contributed by atoms with E-state index in [0.717, 1.165) is 17.1 Å². The molecule has 0 aliphatic heterocycles. The molecule has 2 heterocycles. The zero-order valence-electron chi connectivity index (χ0n) is 19.8. The van der Waals surface area contributed by atoms with Gasteiger partial charge in [0.2, 0.25) is 0 Å². The van der Waals surface area contributed by atoms with Crippen LogP contribution in [0.15, 0.2) is 82.3 Å². The number of hydrogen-bond acceptors (Lipinski definition) is 6. The van der Waals surface area contributed by atoms with Gasteiger partial charge in [0, 0.05) is 17.1 Å². The SMILES string of the molecule is Cc1ccc(C)n1-c1ccc(OCc2ccc(C(=O)N/N=C/c3cccc(OCC(=O)O)c3)o2)cc1. The molecule has 0 spiro atoms. The van der Waals surface area contributed by atoms with Crippen molar-refractivity contribution in [2.75, 3.05) is 6.61 Å². The number of carboxylic acid groups (broad SMARTS) is 1. The number of carbonyl (C=O) groups excluding carboxylic acids is 1. The summed E-state index contributed by atoms with van der Waals surface area (Å²) in [5, 5.41) is 12.6. The molecule has 0 aliphatic rings. The minimum Gasteiger partial charge on any atom is -0.486 e. The third-order valence-corrected chi connectivity index (χ3v) is 5.23. The van der Waals surface area contributed by atoms with E-state index in [0.29, 0.717) is 22.8 Å². The highest BCUT2D eigenvalue weighted by molar-refractivity contribution is 5.92. The summed E-state index contributed by atoms with van der Waals surface area (Å²) in [6.07, 6.45) is 1.42. The lowest BCUT2D eigenvalue weighted by Gasteiger charge is -2.10. The lowest BCUT2D eigenvalue weighted by atomic mass is 10.2. The van der Waals surface area contributed by atoms with Crippen LogP contribution in [0, 0.1) is 13.8 Å². The van der Waals surface area contributed by atoms with E-state index in [-0.39, 0.29) is 12.4 Å². The summed E-state index contributed by atoms with van der Waals surface area (Å²) in [4.78, 5) is 22.9. The van der Waals surface area contributed by atoms with Gasteiger partial charge in [0.05, 0.1) is 6.21 Å². The number of rotatable bonds is 10. The minimum absolute atomic E-state index is 0.0956. The van der Waals surface area contributed by atoms with E-state index in [9.17, 15) is 9.59 Å². The summed E-state index contributed by atoms with van der Waals surface area (Å²) < 4.78 is 18.6. The highest BCUT2D eigenvalue weighted by Crippen LogP contribution is 2.21. The van der Waals surface area contributed by atoms with Crippen LogP contribution in [-0.4, -0.2) is 34.4 Å². The number of aliphatic carboxylic acids is 1. The Morgan fingerprint density at radius 1 is 0.972 bits per heavy atom. The molecule has 0 saturated carbocycles. The molecule has 2 N–H and O–H groups in total. The maximum absolute atomic E-state index is 12.3. The molecule has 0 radical (unpaired) electrons. The van der Waals surface area contributed by atoms with Crippen molar-refractivity contribution < 1.29 is 28.6 Å². The van der Waals surface area contributed by atoms with Crippen LogP contribution in [0.2, 0.25) is 0 Å². The molecule has 0 aliphatic carbocycles. The van der Waals surface area contributed by atoms with Crippen molar-refractivity contribution in [1.29, 1.82) is 0 Å². The van der Waals surface area contributed by atoms with Crippen LogP contribution in [0.4, 0.5) is 0 Å². The predicted octanol–water partition coefficient (Wildman–Crippen LogP) is 4.49. The number of benzene rings is 2. The number of aryl methyl sites for hydroxylation is 2. The summed E-state index contributed by atoms with van der Waals surface area (Å²) in [6.45, 7) is 3.84. The number of furan rings is 1. The number of hydrazone groups is 1. The number of nitrogens with one attached hydrogen (secondary N) is 1. The number of ether oxygens (including phenoxy) is 2. The Morgan fingerprint density at radius 3 is 2.44 bits per heavy atom. The van der Waals surface area contributed by atoms with Crippen molar-refractivity contribution in [2.45, 2.75) is 20.5 Å². The molecule has 36 heavy (non-hydrogen) atoms. The van der Waals surface area contributed by atoms with Gasteiger partial charge in [-0.25, -0.2) is 10.2 Å². The maximum Gasteiger partial charge on any atom is 0.341 e. The molecule has 2 aromatic carbocycles. The summed E-state index contributed by atoms with van der Waals surface area (Å²) >= 11 is 0. The predicted molar refractivity (Wildman–Crippen MR) is 133 cm³/mol.